The predicted octanol–water partition coefficient (Wildman–Crippen LogP) is 2.69. The number of nitrogens with zero attached hydrogens (tertiary/aromatic N) is 3. The summed E-state index contributed by atoms with van der Waals surface area (Å²) in [4.78, 5) is 12.8. The molecule has 0 saturated carbocycles. The van der Waals surface area contributed by atoms with Crippen molar-refractivity contribution in [2.45, 2.75) is 46.5 Å². The number of anilines is 2. The largest absolute Gasteiger partial charge is 0.463 e. The third kappa shape index (κ3) is 6.22. The summed E-state index contributed by atoms with van der Waals surface area (Å²) in [5.74, 6) is 1.13. The molecule has 0 fully saturated rings. The molecule has 0 radical (unpaired) electrons. The van der Waals surface area contributed by atoms with Crippen LogP contribution in [-0.2, 0) is 0 Å². The van der Waals surface area contributed by atoms with Gasteiger partial charge in [0.05, 0.1) is 6.61 Å². The average molecular weight is 267 g/mol. The summed E-state index contributed by atoms with van der Waals surface area (Å²) < 4.78 is 5.47. The molecule has 19 heavy (non-hydrogen) atoms. The van der Waals surface area contributed by atoms with E-state index < -0.39 is 0 Å². The Morgan fingerprint density at radius 2 is 1.63 bits per heavy atom. The Labute approximate surface area is 115 Å². The minimum absolute atomic E-state index is 0.380. The summed E-state index contributed by atoms with van der Waals surface area (Å²) in [6, 6.07) is 0.380. The van der Waals surface area contributed by atoms with Crippen molar-refractivity contribution in [2.24, 2.45) is 0 Å². The van der Waals surface area contributed by atoms with E-state index in [1.54, 1.807) is 0 Å². The SMILES string of the molecule is CCCCCNc1nc(NCC)nc(OCCC)n1. The number of aromatic nitrogens is 3. The number of unbranched alkanes of at least 4 members (excludes halogenated alkanes) is 2. The summed E-state index contributed by atoms with van der Waals surface area (Å²) in [6.07, 6.45) is 4.45. The highest BCUT2D eigenvalue weighted by atomic mass is 16.5. The Morgan fingerprint density at radius 3 is 2.26 bits per heavy atom. The van der Waals surface area contributed by atoms with E-state index in [1.807, 2.05) is 6.92 Å². The second kappa shape index (κ2) is 9.35. The molecule has 0 amide bonds. The fourth-order valence-corrected chi connectivity index (χ4v) is 1.51. The first kappa shape index (κ1) is 15.5. The van der Waals surface area contributed by atoms with E-state index in [4.69, 9.17) is 4.74 Å². The van der Waals surface area contributed by atoms with Gasteiger partial charge in [0.2, 0.25) is 11.9 Å². The van der Waals surface area contributed by atoms with Gasteiger partial charge in [0.25, 0.3) is 0 Å². The van der Waals surface area contributed by atoms with Crippen molar-refractivity contribution in [1.29, 1.82) is 0 Å². The maximum atomic E-state index is 5.47. The lowest BCUT2D eigenvalue weighted by Crippen LogP contribution is -2.11. The second-order valence-electron chi connectivity index (χ2n) is 4.28. The van der Waals surface area contributed by atoms with Crippen LogP contribution in [-0.4, -0.2) is 34.6 Å². The van der Waals surface area contributed by atoms with Gasteiger partial charge in [-0.05, 0) is 19.8 Å². The second-order valence-corrected chi connectivity index (χ2v) is 4.28. The van der Waals surface area contributed by atoms with Crippen LogP contribution < -0.4 is 15.4 Å². The first-order valence-corrected chi connectivity index (χ1v) is 7.16. The van der Waals surface area contributed by atoms with Crippen molar-refractivity contribution in [3.63, 3.8) is 0 Å². The summed E-state index contributed by atoms with van der Waals surface area (Å²) in [5.41, 5.74) is 0. The maximum absolute atomic E-state index is 5.47. The molecule has 1 rings (SSSR count). The Kier molecular flexibility index (Phi) is 7.62. The van der Waals surface area contributed by atoms with E-state index in [2.05, 4.69) is 39.4 Å². The van der Waals surface area contributed by atoms with Gasteiger partial charge in [-0.2, -0.15) is 15.0 Å². The molecule has 108 valence electrons. The molecule has 0 aliphatic heterocycles. The van der Waals surface area contributed by atoms with Gasteiger partial charge < -0.3 is 15.4 Å². The first-order valence-electron chi connectivity index (χ1n) is 7.16. The Morgan fingerprint density at radius 1 is 0.895 bits per heavy atom. The third-order valence-corrected chi connectivity index (χ3v) is 2.45. The van der Waals surface area contributed by atoms with Crippen LogP contribution in [0.1, 0.15) is 46.5 Å². The maximum Gasteiger partial charge on any atom is 0.323 e. The van der Waals surface area contributed by atoms with Crippen LogP contribution in [0.15, 0.2) is 0 Å². The summed E-state index contributed by atoms with van der Waals surface area (Å²) in [7, 11) is 0. The van der Waals surface area contributed by atoms with Crippen LogP contribution in [0, 0.1) is 0 Å². The molecule has 2 N–H and O–H groups in total. The van der Waals surface area contributed by atoms with E-state index in [-0.39, 0.29) is 0 Å². The highest BCUT2D eigenvalue weighted by molar-refractivity contribution is 5.35. The highest BCUT2D eigenvalue weighted by Crippen LogP contribution is 2.11. The standard InChI is InChI=1S/C13H25N5O/c1-4-7-8-9-15-12-16-11(14-6-3)17-13(18-12)19-10-5-2/h4-10H2,1-3H3,(H2,14,15,16,17,18). The molecule has 0 unspecified atom stereocenters. The van der Waals surface area contributed by atoms with Gasteiger partial charge in [-0.25, -0.2) is 0 Å². The highest BCUT2D eigenvalue weighted by Gasteiger charge is 2.06. The Balaban J connectivity index is 2.63. The van der Waals surface area contributed by atoms with Gasteiger partial charge in [-0.1, -0.05) is 26.7 Å². The van der Waals surface area contributed by atoms with Crippen LogP contribution in [0.5, 0.6) is 6.01 Å². The number of nitrogens with one attached hydrogen (secondary N) is 2. The smallest absolute Gasteiger partial charge is 0.323 e. The zero-order chi connectivity index (χ0) is 13.9. The molecule has 1 heterocycles. The van der Waals surface area contributed by atoms with Crippen molar-refractivity contribution in [3.8, 4) is 6.01 Å². The molecule has 0 aliphatic rings. The molecular formula is C13H25N5O. The normalized spacial score (nSPS) is 10.3. The zero-order valence-electron chi connectivity index (χ0n) is 12.2. The van der Waals surface area contributed by atoms with Crippen LogP contribution in [0.25, 0.3) is 0 Å². The van der Waals surface area contributed by atoms with Gasteiger partial charge in [-0.3, -0.25) is 0 Å². The lowest BCUT2D eigenvalue weighted by molar-refractivity contribution is 0.292. The predicted molar refractivity (Wildman–Crippen MR) is 77.8 cm³/mol. The molecule has 6 nitrogen and oxygen atoms in total. The minimum atomic E-state index is 0.380. The number of hydrogen-bond acceptors (Lipinski definition) is 6. The van der Waals surface area contributed by atoms with E-state index in [9.17, 15) is 0 Å². The van der Waals surface area contributed by atoms with Crippen molar-refractivity contribution >= 4 is 11.9 Å². The molecular weight excluding hydrogens is 242 g/mol. The molecule has 0 spiro atoms. The fourth-order valence-electron chi connectivity index (χ4n) is 1.51. The number of rotatable bonds is 10. The van der Waals surface area contributed by atoms with E-state index in [0.29, 0.717) is 24.5 Å². The van der Waals surface area contributed by atoms with Gasteiger partial charge in [-0.15, -0.1) is 0 Å². The topological polar surface area (TPSA) is 72.0 Å². The summed E-state index contributed by atoms with van der Waals surface area (Å²) in [6.45, 7) is 8.50. The van der Waals surface area contributed by atoms with E-state index in [0.717, 1.165) is 25.9 Å². The van der Waals surface area contributed by atoms with Gasteiger partial charge in [0.1, 0.15) is 0 Å². The van der Waals surface area contributed by atoms with Gasteiger partial charge >= 0.3 is 6.01 Å². The Hall–Kier alpha value is -1.59. The summed E-state index contributed by atoms with van der Waals surface area (Å²) in [5, 5.41) is 6.30. The zero-order valence-corrected chi connectivity index (χ0v) is 12.2. The lowest BCUT2D eigenvalue weighted by atomic mass is 10.2. The van der Waals surface area contributed by atoms with Crippen LogP contribution in [0.4, 0.5) is 11.9 Å². The molecule has 0 aromatic carbocycles. The van der Waals surface area contributed by atoms with Crippen LogP contribution in [0.3, 0.4) is 0 Å². The lowest BCUT2D eigenvalue weighted by Gasteiger charge is -2.09. The molecule has 0 bridgehead atoms. The van der Waals surface area contributed by atoms with E-state index >= 15 is 0 Å². The molecule has 1 aromatic rings. The number of ether oxygens (including phenoxy) is 1. The quantitative estimate of drug-likeness (QED) is 0.635. The molecule has 0 aliphatic carbocycles. The third-order valence-electron chi connectivity index (χ3n) is 2.45. The summed E-state index contributed by atoms with van der Waals surface area (Å²) >= 11 is 0. The van der Waals surface area contributed by atoms with Gasteiger partial charge in [0.15, 0.2) is 0 Å². The van der Waals surface area contributed by atoms with Gasteiger partial charge in [0, 0.05) is 13.1 Å². The van der Waals surface area contributed by atoms with Crippen molar-refractivity contribution in [3.05, 3.63) is 0 Å². The van der Waals surface area contributed by atoms with Crippen molar-refractivity contribution < 1.29 is 4.74 Å². The van der Waals surface area contributed by atoms with Crippen molar-refractivity contribution in [1.82, 2.24) is 15.0 Å². The molecule has 1 aromatic heterocycles. The van der Waals surface area contributed by atoms with Crippen LogP contribution in [0.2, 0.25) is 0 Å². The molecule has 0 saturated heterocycles. The van der Waals surface area contributed by atoms with E-state index in [1.165, 1.54) is 12.8 Å². The number of hydrogen-bond donors (Lipinski definition) is 2. The van der Waals surface area contributed by atoms with Crippen LogP contribution >= 0.6 is 0 Å². The molecule has 6 heteroatoms. The monoisotopic (exact) mass is 267 g/mol. The fraction of sp³-hybridized carbons (Fsp3) is 0.769. The minimum Gasteiger partial charge on any atom is -0.463 e. The Bertz CT molecular complexity index is 359. The van der Waals surface area contributed by atoms with Crippen molar-refractivity contribution in [2.75, 3.05) is 30.3 Å². The average Bonchev–Trinajstić information content (AvgIpc) is 2.42. The molecule has 0 atom stereocenters. The first-order chi connectivity index (χ1) is 9.30.